The summed E-state index contributed by atoms with van der Waals surface area (Å²) in [7, 11) is 0. The number of thiophene rings is 1. The van der Waals surface area contributed by atoms with Gasteiger partial charge >= 0.3 is 99.8 Å². The monoisotopic (exact) mass is 852 g/mol. The summed E-state index contributed by atoms with van der Waals surface area (Å²) in [6.07, 6.45) is 3.13. The number of benzene rings is 4. The van der Waals surface area contributed by atoms with E-state index in [2.05, 4.69) is 51.5 Å². The number of pyridine rings is 2. The molecule has 0 spiro atoms. The molecule has 45 heavy (non-hydrogen) atoms. The third kappa shape index (κ3) is 7.05. The van der Waals surface area contributed by atoms with Gasteiger partial charge in [-0.1, -0.05) is 59.5 Å². The first-order chi connectivity index (χ1) is 24.8. The Hall–Kier alpha value is -3.41. The van der Waals surface area contributed by atoms with Crippen molar-refractivity contribution in [3.05, 3.63) is 138 Å². The van der Waals surface area contributed by atoms with Crippen molar-refractivity contribution in [2.45, 2.75) is 37.8 Å². The molecule has 0 atom stereocenters. The molecule has 1 radical (unpaired) electrons. The van der Waals surface area contributed by atoms with Crippen LogP contribution in [0, 0.1) is 32.7 Å². The van der Waals surface area contributed by atoms with Crippen LogP contribution < -0.4 is 4.40 Å². The van der Waals surface area contributed by atoms with Crippen molar-refractivity contribution in [2.75, 3.05) is 0 Å². The van der Waals surface area contributed by atoms with Crippen LogP contribution in [0.1, 0.15) is 29.0 Å². The van der Waals surface area contributed by atoms with Gasteiger partial charge in [-0.2, -0.15) is 11.3 Å². The van der Waals surface area contributed by atoms with Crippen LogP contribution in [0.5, 0.6) is 0 Å². The van der Waals surface area contributed by atoms with Gasteiger partial charge in [-0.15, -0.1) is 23.8 Å². The zero-order valence-corrected chi connectivity index (χ0v) is 30.3. The summed E-state index contributed by atoms with van der Waals surface area (Å²) in [5.74, 6) is 7.14. The molecule has 0 aliphatic heterocycles. The zero-order chi connectivity index (χ0) is 38.3. The van der Waals surface area contributed by atoms with Crippen molar-refractivity contribution < 1.29 is 32.4 Å². The van der Waals surface area contributed by atoms with Crippen LogP contribution in [-0.4, -0.2) is 23.2 Å². The number of hydrogen-bond acceptors (Lipinski definition) is 3. The Kier molecular flexibility index (Phi) is 7.12. The van der Waals surface area contributed by atoms with Gasteiger partial charge < -0.3 is 4.98 Å². The maximum Gasteiger partial charge on any atom is 0 e. The minimum Gasteiger partial charge on any atom is 0 e. The molecule has 4 aromatic carbocycles. The molecule has 0 saturated carbocycles. The van der Waals surface area contributed by atoms with E-state index in [4.69, 9.17) is 12.3 Å². The third-order valence-electron chi connectivity index (χ3n) is 7.46. The van der Waals surface area contributed by atoms with E-state index in [-0.39, 0.29) is 42.5 Å². The van der Waals surface area contributed by atoms with E-state index in [0.29, 0.717) is 20.5 Å². The van der Waals surface area contributed by atoms with E-state index in [9.17, 15) is 0 Å². The fraction of sp³-hybridized carbons (Fsp3) is 0.150. The smallest absolute Gasteiger partial charge is 0 e. The minimum absolute atomic E-state index is 0. The third-order valence-corrected chi connectivity index (χ3v) is 13.0. The number of fused-ring (bicyclic) bond motifs is 3. The minimum atomic E-state index is -2.66. The van der Waals surface area contributed by atoms with Crippen molar-refractivity contribution >= 4 is 49.2 Å². The average Bonchev–Trinajstić information content (AvgIpc) is 3.49. The van der Waals surface area contributed by atoms with Gasteiger partial charge in [0.1, 0.15) is 0 Å². The molecule has 7 rings (SSSR count). The standard InChI is InChI=1S/C26H20NS.C14H16GeN.Ir/c1-16-14-24(27-15-17(16)2)23-11-7-10-21-22-13-12-20(19-8-5-4-6-9-19)18(3)25(22)28-26(21)23;1-15(2,3)13-9-10-14(16-11-13)12-7-5-4-6-8-12;/h4-10,12-15H,1-3H3;4-7,9-11H,1-3H3;/q2*-1;/i1D3,2D3,3D3;;. The topological polar surface area (TPSA) is 25.8 Å². The molecule has 227 valence electrons. The van der Waals surface area contributed by atoms with E-state index in [1.54, 1.807) is 6.07 Å². The first-order valence-corrected chi connectivity index (χ1v) is 22.4. The largest absolute Gasteiger partial charge is 0 e. The Morgan fingerprint density at radius 2 is 1.47 bits per heavy atom. The predicted molar refractivity (Wildman–Crippen MR) is 193 cm³/mol. The Bertz CT molecular complexity index is 2390. The number of aromatic nitrogens is 2. The maximum atomic E-state index is 8.32. The van der Waals surface area contributed by atoms with E-state index in [1.165, 1.54) is 21.8 Å². The molecule has 0 unspecified atom stereocenters. The molecular formula is C40H36GeIrN2S-2. The molecule has 0 bridgehead atoms. The maximum absolute atomic E-state index is 8.32. The number of nitrogens with zero attached hydrogens (tertiary/aromatic N) is 2. The summed E-state index contributed by atoms with van der Waals surface area (Å²) in [6, 6.07) is 36.4. The summed E-state index contributed by atoms with van der Waals surface area (Å²) in [5.41, 5.74) is 3.87. The summed E-state index contributed by atoms with van der Waals surface area (Å²) >= 11 is -0.430. The number of aryl methyl sites for hydroxylation is 3. The van der Waals surface area contributed by atoms with Crippen LogP contribution in [0.3, 0.4) is 0 Å². The molecule has 5 heteroatoms. The molecule has 0 N–H and O–H groups in total. The van der Waals surface area contributed by atoms with Crippen LogP contribution in [0.2, 0.25) is 17.3 Å². The van der Waals surface area contributed by atoms with Crippen LogP contribution >= 0.6 is 11.3 Å². The van der Waals surface area contributed by atoms with Gasteiger partial charge in [0.25, 0.3) is 0 Å². The van der Waals surface area contributed by atoms with Crippen molar-refractivity contribution in [2.24, 2.45) is 0 Å². The Labute approximate surface area is 300 Å². The van der Waals surface area contributed by atoms with E-state index in [1.807, 2.05) is 79.0 Å². The molecular weight excluding hydrogens is 805 g/mol. The number of rotatable bonds is 4. The van der Waals surface area contributed by atoms with Crippen molar-refractivity contribution in [3.63, 3.8) is 0 Å². The predicted octanol–water partition coefficient (Wildman–Crippen LogP) is 10.6. The molecule has 3 heterocycles. The van der Waals surface area contributed by atoms with Gasteiger partial charge in [-0.25, -0.2) is 0 Å². The second-order valence-corrected chi connectivity index (χ2v) is 23.2. The normalized spacial score (nSPS) is 15.0. The molecule has 0 amide bonds. The average molecular weight is 851 g/mol. The molecule has 0 saturated heterocycles. The zero-order valence-electron chi connectivity index (χ0n) is 34.0. The van der Waals surface area contributed by atoms with Crippen molar-refractivity contribution in [1.82, 2.24) is 9.97 Å². The summed E-state index contributed by atoms with van der Waals surface area (Å²) in [4.78, 5) is 8.83. The van der Waals surface area contributed by atoms with Gasteiger partial charge in [0.15, 0.2) is 0 Å². The second-order valence-electron chi connectivity index (χ2n) is 11.5. The van der Waals surface area contributed by atoms with Crippen molar-refractivity contribution in [1.29, 1.82) is 0 Å². The Morgan fingerprint density at radius 3 is 2.16 bits per heavy atom. The SMILES string of the molecule is [2H]C([2H])([2H])c1cnc(-c2[c-]ccc3c2sc2c(C([2H])([2H])[2H])c(-c4ccccc4)ccc23)cc1C([2H])([2H])[2H].[CH3][Ge]([CH3])([CH3])[c]1ccc(-c2[c-]cccc2)nc1.[Ir]. The first kappa shape index (κ1) is 23.0. The van der Waals surface area contributed by atoms with Crippen LogP contribution in [-0.2, 0) is 20.1 Å². The van der Waals surface area contributed by atoms with Crippen LogP contribution in [0.15, 0.2) is 109 Å². The van der Waals surface area contributed by atoms with Gasteiger partial charge in [0, 0.05) is 43.3 Å². The fourth-order valence-corrected chi connectivity index (χ4v) is 8.42. The molecule has 0 aliphatic carbocycles. The quantitative estimate of drug-likeness (QED) is 0.130. The molecule has 7 aromatic rings. The van der Waals surface area contributed by atoms with E-state index >= 15 is 0 Å². The molecule has 0 aliphatic rings. The fourth-order valence-electron chi connectivity index (χ4n) is 5.00. The van der Waals surface area contributed by atoms with E-state index < -0.39 is 33.8 Å². The summed E-state index contributed by atoms with van der Waals surface area (Å²) < 4.78 is 74.6. The Morgan fingerprint density at radius 1 is 0.689 bits per heavy atom. The van der Waals surface area contributed by atoms with Crippen LogP contribution in [0.4, 0.5) is 0 Å². The van der Waals surface area contributed by atoms with Crippen LogP contribution in [0.25, 0.3) is 53.8 Å². The van der Waals surface area contributed by atoms with Gasteiger partial charge in [-0.3, -0.25) is 0 Å². The molecule has 2 nitrogen and oxygen atoms in total. The summed E-state index contributed by atoms with van der Waals surface area (Å²) in [6.45, 7) is -7.68. The second kappa shape index (κ2) is 13.9. The van der Waals surface area contributed by atoms with Gasteiger partial charge in [0.2, 0.25) is 0 Å². The summed E-state index contributed by atoms with van der Waals surface area (Å²) in [5, 5.41) is 1.55. The number of hydrogen-bond donors (Lipinski definition) is 0. The first-order valence-electron chi connectivity index (χ1n) is 18.7. The van der Waals surface area contributed by atoms with E-state index in [0.717, 1.165) is 33.8 Å². The van der Waals surface area contributed by atoms with Crippen molar-refractivity contribution in [3.8, 4) is 33.6 Å². The molecule has 0 fully saturated rings. The van der Waals surface area contributed by atoms with Gasteiger partial charge in [0.05, 0.1) is 0 Å². The van der Waals surface area contributed by atoms with Gasteiger partial charge in [-0.05, 0) is 58.6 Å². The molecule has 3 aromatic heterocycles. The Balaban J connectivity index is 0.000000276.